The second kappa shape index (κ2) is 2.54. The van der Waals surface area contributed by atoms with Gasteiger partial charge >= 0.3 is 0 Å². The van der Waals surface area contributed by atoms with Gasteiger partial charge in [0.25, 0.3) is 0 Å². The molecule has 0 N–H and O–H groups in total. The highest BCUT2D eigenvalue weighted by Crippen LogP contribution is 2.46. The maximum Gasteiger partial charge on any atom is 0.134 e. The first-order chi connectivity index (χ1) is 5.74. The number of carbonyl (C=O) groups is 1. The van der Waals surface area contributed by atoms with Gasteiger partial charge in [-0.05, 0) is 18.3 Å². The quantitative estimate of drug-likeness (QED) is 0.551. The Kier molecular flexibility index (Phi) is 1.63. The number of ketones is 1. The monoisotopic (exact) mass is 168 g/mol. The van der Waals surface area contributed by atoms with Crippen LogP contribution < -0.4 is 0 Å². The summed E-state index contributed by atoms with van der Waals surface area (Å²) in [7, 11) is 0. The number of carbonyl (C=O) groups excluding carboxylic acids is 1. The van der Waals surface area contributed by atoms with Crippen molar-refractivity contribution < 1.29 is 4.79 Å². The molecule has 1 heterocycles. The number of rotatable bonds is 1. The van der Waals surface area contributed by atoms with Crippen molar-refractivity contribution >= 4 is 5.78 Å². The van der Waals surface area contributed by atoms with Crippen molar-refractivity contribution in [3.8, 4) is 0 Å². The lowest BCUT2D eigenvalue weighted by atomic mass is 9.62. The van der Waals surface area contributed by atoms with Gasteiger partial charge in [0.15, 0.2) is 0 Å². The summed E-state index contributed by atoms with van der Waals surface area (Å²) in [5.74, 6) is 0.377. The molecule has 0 aromatic rings. The van der Waals surface area contributed by atoms with E-state index in [-0.39, 0.29) is 5.41 Å². The molecular weight excluding hydrogens is 156 g/mol. The first kappa shape index (κ1) is 7.71. The Balaban J connectivity index is 1.90. The predicted octanol–water partition coefficient (Wildman–Crippen LogP) is 1.11. The number of Topliss-reactive ketones (excluding diaryl/α,β-unsaturated/α-hetero) is 1. The van der Waals surface area contributed by atoms with Crippen LogP contribution in [0.4, 0.5) is 0 Å². The molecule has 0 aromatic carbocycles. The maximum atomic E-state index is 10.8. The molecule has 1 saturated carbocycles. The van der Waals surface area contributed by atoms with E-state index in [4.69, 9.17) is 0 Å². The van der Waals surface area contributed by atoms with Gasteiger partial charge in [0.05, 0.1) is 5.29 Å². The fraction of sp³-hybridized carbons (Fsp3) is 0.875. The van der Waals surface area contributed by atoms with Crippen LogP contribution >= 0.6 is 0 Å². The first-order valence-corrected chi connectivity index (χ1v) is 4.34. The molecule has 0 radical (unpaired) electrons. The fourth-order valence-corrected chi connectivity index (χ4v) is 2.19. The van der Waals surface area contributed by atoms with Gasteiger partial charge < -0.3 is 0 Å². The minimum absolute atomic E-state index is 0.262. The Bertz CT molecular complexity index is 209. The Labute approximate surface area is 70.9 Å². The summed E-state index contributed by atoms with van der Waals surface area (Å²) in [6.45, 7) is 1.47. The topological polar surface area (TPSA) is 49.7 Å². The van der Waals surface area contributed by atoms with Crippen LogP contribution in [0.2, 0.25) is 0 Å². The highest BCUT2D eigenvalue weighted by Gasteiger charge is 2.45. The van der Waals surface area contributed by atoms with Crippen LogP contribution in [0.1, 0.15) is 25.7 Å². The van der Waals surface area contributed by atoms with Crippen molar-refractivity contribution in [3.05, 3.63) is 4.91 Å². The summed E-state index contributed by atoms with van der Waals surface area (Å²) in [5, 5.41) is 4.44. The Morgan fingerprint density at radius 1 is 1.25 bits per heavy atom. The van der Waals surface area contributed by atoms with Crippen LogP contribution in [0.25, 0.3) is 0 Å². The summed E-state index contributed by atoms with van der Waals surface area (Å²) in [6.07, 6.45) is 3.40. The van der Waals surface area contributed by atoms with Crippen molar-refractivity contribution in [2.45, 2.75) is 25.7 Å². The second-order valence-electron chi connectivity index (χ2n) is 3.93. The van der Waals surface area contributed by atoms with E-state index in [1.165, 1.54) is 0 Å². The van der Waals surface area contributed by atoms with E-state index in [0.717, 1.165) is 38.8 Å². The van der Waals surface area contributed by atoms with Gasteiger partial charge in [0.2, 0.25) is 0 Å². The van der Waals surface area contributed by atoms with Crippen LogP contribution in [-0.4, -0.2) is 23.9 Å². The fourth-order valence-electron chi connectivity index (χ4n) is 2.19. The normalized spacial score (nSPS) is 27.0. The lowest BCUT2D eigenvalue weighted by molar-refractivity contribution is -0.135. The molecule has 2 rings (SSSR count). The molecule has 4 heteroatoms. The standard InChI is InChI=1S/C8H12N2O2/c11-7-5-8(6-7)1-3-10(9-12)4-2-8/h1-6H2. The largest absolute Gasteiger partial charge is 0.300 e. The van der Waals surface area contributed by atoms with Crippen LogP contribution in [0.15, 0.2) is 5.29 Å². The summed E-state index contributed by atoms with van der Waals surface area (Å²) >= 11 is 0. The van der Waals surface area contributed by atoms with Gasteiger partial charge in [0, 0.05) is 25.9 Å². The van der Waals surface area contributed by atoms with Crippen molar-refractivity contribution in [1.29, 1.82) is 0 Å². The third kappa shape index (κ3) is 1.11. The van der Waals surface area contributed by atoms with Crippen LogP contribution in [0.5, 0.6) is 0 Å². The number of hydrogen-bond acceptors (Lipinski definition) is 3. The molecule has 0 aromatic heterocycles. The molecule has 1 aliphatic carbocycles. The van der Waals surface area contributed by atoms with Crippen LogP contribution in [-0.2, 0) is 4.79 Å². The molecule has 2 fully saturated rings. The molecule has 2 aliphatic rings. The molecule has 1 aliphatic heterocycles. The molecule has 0 unspecified atom stereocenters. The van der Waals surface area contributed by atoms with E-state index in [1.54, 1.807) is 5.01 Å². The van der Waals surface area contributed by atoms with Gasteiger partial charge in [-0.1, -0.05) is 0 Å². The van der Waals surface area contributed by atoms with Crippen molar-refractivity contribution in [3.63, 3.8) is 0 Å². The summed E-state index contributed by atoms with van der Waals surface area (Å²) < 4.78 is 0. The van der Waals surface area contributed by atoms with Gasteiger partial charge in [-0.2, -0.15) is 0 Å². The second-order valence-corrected chi connectivity index (χ2v) is 3.93. The smallest absolute Gasteiger partial charge is 0.134 e. The summed E-state index contributed by atoms with van der Waals surface area (Å²) in [6, 6.07) is 0. The zero-order chi connectivity index (χ0) is 8.60. The summed E-state index contributed by atoms with van der Waals surface area (Å²) in [5.41, 5.74) is 0.262. The lowest BCUT2D eigenvalue weighted by Crippen LogP contribution is -2.45. The van der Waals surface area contributed by atoms with Gasteiger partial charge in [-0.3, -0.25) is 9.80 Å². The van der Waals surface area contributed by atoms with Crippen molar-refractivity contribution in [2.75, 3.05) is 13.1 Å². The molecule has 4 nitrogen and oxygen atoms in total. The molecule has 1 saturated heterocycles. The van der Waals surface area contributed by atoms with Gasteiger partial charge in [-0.15, -0.1) is 4.91 Å². The van der Waals surface area contributed by atoms with Crippen LogP contribution in [0.3, 0.4) is 0 Å². The van der Waals surface area contributed by atoms with Gasteiger partial charge in [-0.25, -0.2) is 0 Å². The van der Waals surface area contributed by atoms with Crippen LogP contribution in [0, 0.1) is 10.3 Å². The van der Waals surface area contributed by atoms with Crippen molar-refractivity contribution in [2.24, 2.45) is 10.7 Å². The Hall–Kier alpha value is -0.930. The molecular formula is C8H12N2O2. The average molecular weight is 168 g/mol. The van der Waals surface area contributed by atoms with E-state index in [2.05, 4.69) is 5.29 Å². The zero-order valence-electron chi connectivity index (χ0n) is 6.95. The molecule has 66 valence electrons. The molecule has 12 heavy (non-hydrogen) atoms. The predicted molar refractivity (Wildman–Crippen MR) is 43.3 cm³/mol. The van der Waals surface area contributed by atoms with E-state index >= 15 is 0 Å². The minimum Gasteiger partial charge on any atom is -0.300 e. The Morgan fingerprint density at radius 2 is 1.83 bits per heavy atom. The SMILES string of the molecule is O=NN1CCC2(CC1)CC(=O)C2. The van der Waals surface area contributed by atoms with Crippen molar-refractivity contribution in [1.82, 2.24) is 5.01 Å². The van der Waals surface area contributed by atoms with E-state index in [0.29, 0.717) is 5.78 Å². The summed E-state index contributed by atoms with van der Waals surface area (Å²) in [4.78, 5) is 21.0. The number of nitroso groups, excluding NO2 is 1. The molecule has 0 bridgehead atoms. The zero-order valence-corrected chi connectivity index (χ0v) is 6.95. The van der Waals surface area contributed by atoms with E-state index in [9.17, 15) is 9.70 Å². The van der Waals surface area contributed by atoms with E-state index < -0.39 is 0 Å². The molecule has 0 atom stereocenters. The maximum absolute atomic E-state index is 10.8. The number of nitrogens with zero attached hydrogens (tertiary/aromatic N) is 2. The third-order valence-electron chi connectivity index (χ3n) is 3.06. The molecule has 0 amide bonds. The highest BCUT2D eigenvalue weighted by atomic mass is 16.3. The lowest BCUT2D eigenvalue weighted by Gasteiger charge is -2.45. The number of piperidine rings is 1. The minimum atomic E-state index is 0.262. The number of hydrogen-bond donors (Lipinski definition) is 0. The average Bonchev–Trinajstić information content (AvgIpc) is 2.04. The first-order valence-electron chi connectivity index (χ1n) is 4.34. The van der Waals surface area contributed by atoms with Gasteiger partial charge in [0.1, 0.15) is 5.78 Å². The third-order valence-corrected chi connectivity index (χ3v) is 3.06. The van der Waals surface area contributed by atoms with E-state index in [1.807, 2.05) is 0 Å². The molecule has 1 spiro atoms. The Morgan fingerprint density at radius 3 is 2.25 bits per heavy atom. The highest BCUT2D eigenvalue weighted by molar-refractivity contribution is 5.86.